The van der Waals surface area contributed by atoms with Crippen LogP contribution in [0.1, 0.15) is 27.2 Å². The highest BCUT2D eigenvalue weighted by Gasteiger charge is 2.27. The van der Waals surface area contributed by atoms with Gasteiger partial charge < -0.3 is 5.32 Å². The molecule has 0 spiro atoms. The normalized spacial score (nSPS) is 19.6. The number of benzene rings is 1. The molecule has 1 unspecified atom stereocenters. The Labute approximate surface area is 137 Å². The largest absolute Gasteiger partial charge is 0.332 e. The maximum Gasteiger partial charge on any atom is 0.161 e. The van der Waals surface area contributed by atoms with E-state index in [0.717, 1.165) is 34.1 Å². The summed E-state index contributed by atoms with van der Waals surface area (Å²) in [7, 11) is 0. The van der Waals surface area contributed by atoms with Crippen LogP contribution in [0.25, 0.3) is 11.0 Å². The Morgan fingerprint density at radius 1 is 1.29 bits per heavy atom. The molecule has 1 atom stereocenters. The zero-order chi connectivity index (χ0) is 15.0. The van der Waals surface area contributed by atoms with Crippen molar-refractivity contribution in [2.24, 2.45) is 10.4 Å². The van der Waals surface area contributed by atoms with Crippen LogP contribution in [0.3, 0.4) is 0 Å². The molecular weight excluding hydrogens is 324 g/mol. The van der Waals surface area contributed by atoms with Crippen molar-refractivity contribution < 1.29 is 0 Å². The molecule has 1 aromatic carbocycles. The summed E-state index contributed by atoms with van der Waals surface area (Å²) >= 11 is 9.25. The van der Waals surface area contributed by atoms with Gasteiger partial charge in [-0.15, -0.1) is 0 Å². The van der Waals surface area contributed by atoms with Crippen molar-refractivity contribution in [1.82, 2.24) is 8.75 Å². The summed E-state index contributed by atoms with van der Waals surface area (Å²) in [5.74, 6) is 1.07. The van der Waals surface area contributed by atoms with Gasteiger partial charge in [-0.1, -0.05) is 44.1 Å². The fraction of sp³-hybridized carbons (Fsp3) is 0.500. The second-order valence-electron chi connectivity index (χ2n) is 6.13. The molecule has 1 aliphatic rings. The molecule has 0 bridgehead atoms. The predicted octanol–water partition coefficient (Wildman–Crippen LogP) is 4.66. The lowest BCUT2D eigenvalue weighted by atomic mass is 9.85. The Kier molecular flexibility index (Phi) is 4.12. The highest BCUT2D eigenvalue weighted by Crippen LogP contribution is 2.34. The first-order chi connectivity index (χ1) is 9.95. The standard InChI is InChI=1S/C14H17ClN4S2/c1-14(2,3)10-6-7-20-13(16-10)17-11-8(15)4-5-9-12(11)19-21-18-9/h4-5,10H,6-7H2,1-3H3,(H,16,17). The van der Waals surface area contributed by atoms with Crippen LogP contribution in [-0.4, -0.2) is 25.7 Å². The lowest BCUT2D eigenvalue weighted by Gasteiger charge is -2.31. The second kappa shape index (κ2) is 5.74. The molecule has 0 amide bonds. The summed E-state index contributed by atoms with van der Waals surface area (Å²) in [6.45, 7) is 6.69. The van der Waals surface area contributed by atoms with Gasteiger partial charge in [0, 0.05) is 5.75 Å². The second-order valence-corrected chi connectivity index (χ2v) is 8.15. The number of aromatic nitrogens is 2. The van der Waals surface area contributed by atoms with Crippen molar-refractivity contribution >= 4 is 57.0 Å². The Morgan fingerprint density at radius 3 is 2.86 bits per heavy atom. The fourth-order valence-electron chi connectivity index (χ4n) is 2.26. The average molecular weight is 341 g/mol. The minimum atomic E-state index is 0.173. The van der Waals surface area contributed by atoms with E-state index in [1.165, 1.54) is 11.7 Å². The van der Waals surface area contributed by atoms with Crippen LogP contribution in [-0.2, 0) is 0 Å². The lowest BCUT2D eigenvalue weighted by molar-refractivity contribution is 0.316. The first-order valence-corrected chi connectivity index (χ1v) is 8.93. The first kappa shape index (κ1) is 15.1. The molecule has 2 aromatic rings. The molecule has 1 aliphatic heterocycles. The molecule has 4 nitrogen and oxygen atoms in total. The number of aliphatic imine (C=N–C) groups is 1. The van der Waals surface area contributed by atoms with Gasteiger partial charge in [-0.05, 0) is 24.0 Å². The van der Waals surface area contributed by atoms with Crippen LogP contribution in [0.15, 0.2) is 17.1 Å². The number of anilines is 1. The zero-order valence-corrected chi connectivity index (χ0v) is 14.6. The number of nitrogens with zero attached hydrogens (tertiary/aromatic N) is 3. The smallest absolute Gasteiger partial charge is 0.161 e. The third-order valence-corrected chi connectivity index (χ3v) is 5.29. The number of hydrogen-bond acceptors (Lipinski definition) is 6. The average Bonchev–Trinajstić information content (AvgIpc) is 2.90. The number of hydrogen-bond donors (Lipinski definition) is 1. The summed E-state index contributed by atoms with van der Waals surface area (Å²) < 4.78 is 8.59. The molecule has 0 saturated carbocycles. The van der Waals surface area contributed by atoms with Gasteiger partial charge in [0.25, 0.3) is 0 Å². The third-order valence-electron chi connectivity index (χ3n) is 3.51. The number of rotatable bonds is 1. The first-order valence-electron chi connectivity index (χ1n) is 6.83. The molecule has 0 radical (unpaired) electrons. The number of halogens is 1. The van der Waals surface area contributed by atoms with E-state index in [2.05, 4.69) is 34.8 Å². The Bertz CT molecular complexity index is 690. The Morgan fingerprint density at radius 2 is 2.10 bits per heavy atom. The highest BCUT2D eigenvalue weighted by atomic mass is 35.5. The van der Waals surface area contributed by atoms with E-state index in [0.29, 0.717) is 11.1 Å². The third kappa shape index (κ3) is 3.17. The molecule has 21 heavy (non-hydrogen) atoms. The number of nitrogens with one attached hydrogen (secondary N) is 1. The summed E-state index contributed by atoms with van der Waals surface area (Å²) in [6.07, 6.45) is 1.11. The van der Waals surface area contributed by atoms with Crippen LogP contribution < -0.4 is 5.32 Å². The van der Waals surface area contributed by atoms with Gasteiger partial charge in [-0.2, -0.15) is 8.75 Å². The molecule has 1 aromatic heterocycles. The number of thioether (sulfide) groups is 1. The van der Waals surface area contributed by atoms with E-state index in [1.54, 1.807) is 11.8 Å². The predicted molar refractivity (Wildman–Crippen MR) is 93.8 cm³/mol. The van der Waals surface area contributed by atoms with Gasteiger partial charge >= 0.3 is 0 Å². The van der Waals surface area contributed by atoms with Gasteiger partial charge in [0.2, 0.25) is 0 Å². The van der Waals surface area contributed by atoms with Crippen molar-refractivity contribution in [3.05, 3.63) is 17.2 Å². The molecule has 0 aliphatic carbocycles. The Balaban J connectivity index is 1.93. The monoisotopic (exact) mass is 340 g/mol. The lowest BCUT2D eigenvalue weighted by Crippen LogP contribution is -2.30. The molecular formula is C14H17ClN4S2. The van der Waals surface area contributed by atoms with Crippen molar-refractivity contribution in [3.8, 4) is 0 Å². The topological polar surface area (TPSA) is 50.2 Å². The molecule has 3 rings (SSSR count). The summed E-state index contributed by atoms with van der Waals surface area (Å²) in [5, 5.41) is 4.93. The van der Waals surface area contributed by atoms with E-state index >= 15 is 0 Å². The van der Waals surface area contributed by atoms with E-state index < -0.39 is 0 Å². The molecule has 0 fully saturated rings. The van der Waals surface area contributed by atoms with Gasteiger partial charge in [0.15, 0.2) is 5.17 Å². The van der Waals surface area contributed by atoms with Crippen molar-refractivity contribution in [3.63, 3.8) is 0 Å². The van der Waals surface area contributed by atoms with E-state index in [9.17, 15) is 0 Å². The van der Waals surface area contributed by atoms with Gasteiger partial charge in [-0.25, -0.2) is 0 Å². The number of fused-ring (bicyclic) bond motifs is 1. The fourth-order valence-corrected chi connectivity index (χ4v) is 3.91. The minimum absolute atomic E-state index is 0.173. The molecule has 112 valence electrons. The molecule has 0 saturated heterocycles. The summed E-state index contributed by atoms with van der Waals surface area (Å²) in [4.78, 5) is 4.85. The van der Waals surface area contributed by atoms with Crippen LogP contribution >= 0.6 is 35.1 Å². The van der Waals surface area contributed by atoms with Crippen LogP contribution in [0.2, 0.25) is 5.02 Å². The minimum Gasteiger partial charge on any atom is -0.332 e. The van der Waals surface area contributed by atoms with Gasteiger partial charge in [0.05, 0.1) is 28.5 Å². The van der Waals surface area contributed by atoms with Crippen LogP contribution in [0.5, 0.6) is 0 Å². The van der Waals surface area contributed by atoms with E-state index in [-0.39, 0.29) is 5.41 Å². The summed E-state index contributed by atoms with van der Waals surface area (Å²) in [6, 6.07) is 4.07. The van der Waals surface area contributed by atoms with Gasteiger partial charge in [-0.3, -0.25) is 4.99 Å². The van der Waals surface area contributed by atoms with Crippen molar-refractivity contribution in [1.29, 1.82) is 0 Å². The maximum absolute atomic E-state index is 6.32. The van der Waals surface area contributed by atoms with Crippen LogP contribution in [0, 0.1) is 5.41 Å². The SMILES string of the molecule is CC(C)(C)C1CCSC(Nc2c(Cl)ccc3nsnc23)=N1. The van der Waals surface area contributed by atoms with E-state index in [1.807, 2.05) is 12.1 Å². The van der Waals surface area contributed by atoms with Crippen molar-refractivity contribution in [2.75, 3.05) is 11.1 Å². The molecule has 1 N–H and O–H groups in total. The molecule has 7 heteroatoms. The van der Waals surface area contributed by atoms with Crippen LogP contribution in [0.4, 0.5) is 5.69 Å². The zero-order valence-electron chi connectivity index (χ0n) is 12.2. The number of amidine groups is 1. The van der Waals surface area contributed by atoms with Gasteiger partial charge in [0.1, 0.15) is 11.0 Å². The quantitative estimate of drug-likeness (QED) is 0.820. The maximum atomic E-state index is 6.32. The van der Waals surface area contributed by atoms with E-state index in [4.69, 9.17) is 16.6 Å². The highest BCUT2D eigenvalue weighted by molar-refractivity contribution is 8.14. The summed E-state index contributed by atoms with van der Waals surface area (Å²) in [5.41, 5.74) is 2.66. The van der Waals surface area contributed by atoms with Crippen molar-refractivity contribution in [2.45, 2.75) is 33.2 Å². The molecule has 2 heterocycles. The Hall–Kier alpha value is -0.850.